The fourth-order valence-corrected chi connectivity index (χ4v) is 6.00. The Labute approximate surface area is 260 Å². The molecule has 45 heavy (non-hydrogen) atoms. The van der Waals surface area contributed by atoms with E-state index in [1.807, 2.05) is 0 Å². The Morgan fingerprint density at radius 2 is 1.78 bits per heavy atom. The summed E-state index contributed by atoms with van der Waals surface area (Å²) in [4.78, 5) is 35.9. The molecule has 1 aliphatic heterocycles. The van der Waals surface area contributed by atoms with Crippen LogP contribution >= 0.6 is 0 Å². The molecule has 12 nitrogen and oxygen atoms in total. The van der Waals surface area contributed by atoms with E-state index < -0.39 is 52.0 Å². The maximum atomic E-state index is 14.1. The van der Waals surface area contributed by atoms with Gasteiger partial charge in [-0.3, -0.25) is 13.8 Å². The van der Waals surface area contributed by atoms with Crippen LogP contribution in [0.5, 0.6) is 5.75 Å². The number of esters is 1. The van der Waals surface area contributed by atoms with Gasteiger partial charge in [0.05, 0.1) is 30.9 Å². The summed E-state index contributed by atoms with van der Waals surface area (Å²) in [5.41, 5.74) is -2.98. The van der Waals surface area contributed by atoms with Crippen LogP contribution in [-0.2, 0) is 42.1 Å². The van der Waals surface area contributed by atoms with Crippen LogP contribution < -0.4 is 14.4 Å². The second-order valence-corrected chi connectivity index (χ2v) is 14.1. The molecule has 0 unspecified atom stereocenters. The summed E-state index contributed by atoms with van der Waals surface area (Å²) in [7, 11) is -4.31. The number of fused-ring (bicyclic) bond motifs is 1. The first-order valence-corrected chi connectivity index (χ1v) is 15.6. The van der Waals surface area contributed by atoms with E-state index in [-0.39, 0.29) is 65.8 Å². The predicted molar refractivity (Wildman–Crippen MR) is 156 cm³/mol. The third kappa shape index (κ3) is 9.34. The lowest BCUT2D eigenvalue weighted by atomic mass is 10.1. The lowest BCUT2D eigenvalue weighted by Crippen LogP contribution is -2.44. The van der Waals surface area contributed by atoms with Crippen LogP contribution in [0.15, 0.2) is 29.3 Å². The Morgan fingerprint density at radius 1 is 1.11 bits per heavy atom. The lowest BCUT2D eigenvalue weighted by Gasteiger charge is -2.35. The van der Waals surface area contributed by atoms with Crippen molar-refractivity contribution < 1.29 is 50.2 Å². The van der Waals surface area contributed by atoms with Gasteiger partial charge in [-0.15, -0.1) is 0 Å². The van der Waals surface area contributed by atoms with E-state index in [2.05, 4.69) is 15.2 Å². The highest BCUT2D eigenvalue weighted by Crippen LogP contribution is 2.39. The van der Waals surface area contributed by atoms with E-state index in [4.69, 9.17) is 9.47 Å². The number of Topliss-reactive ketones (excluding diaryl/α,β-unsaturated/α-hetero) is 1. The molecule has 0 radical (unpaired) electrons. The smallest absolute Gasteiger partial charge is 0.427 e. The number of carbonyl (C=O) groups is 3. The maximum Gasteiger partial charge on any atom is 0.427 e. The molecule has 0 saturated carbocycles. The second-order valence-electron chi connectivity index (χ2n) is 12.2. The zero-order valence-electron chi connectivity index (χ0n) is 26.3. The minimum absolute atomic E-state index is 0.0631. The molecule has 16 heteroatoms. The number of amides is 1. The Kier molecular flexibility index (Phi) is 10.5. The largest absolute Gasteiger partial charge is 0.486 e. The minimum Gasteiger partial charge on any atom is -0.486 e. The van der Waals surface area contributed by atoms with Crippen LogP contribution in [0.2, 0.25) is 0 Å². The fraction of sp³-hybridized carbons (Fsp3) is 0.586. The number of rotatable bonds is 11. The zero-order valence-corrected chi connectivity index (χ0v) is 27.1. The average molecular weight is 661 g/mol. The molecule has 1 atom stereocenters. The van der Waals surface area contributed by atoms with Crippen LogP contribution in [-0.4, -0.2) is 72.6 Å². The lowest BCUT2D eigenvalue weighted by molar-refractivity contribution is -0.257. The Hall–Kier alpha value is -3.82. The van der Waals surface area contributed by atoms with Crippen LogP contribution in [0, 0.1) is 6.92 Å². The molecule has 0 saturated heterocycles. The molecule has 0 aliphatic carbocycles. The Balaban J connectivity index is 1.89. The van der Waals surface area contributed by atoms with Gasteiger partial charge >= 0.3 is 18.2 Å². The van der Waals surface area contributed by atoms with Gasteiger partial charge in [-0.2, -0.15) is 18.3 Å². The third-order valence-corrected chi connectivity index (χ3v) is 8.53. The van der Waals surface area contributed by atoms with Gasteiger partial charge in [-0.1, -0.05) is 6.07 Å². The topological polar surface area (TPSA) is 146 Å². The number of anilines is 1. The van der Waals surface area contributed by atoms with Crippen molar-refractivity contribution in [2.24, 2.45) is 0 Å². The number of hydrogen-bond acceptors (Lipinski definition) is 9. The van der Waals surface area contributed by atoms with E-state index in [1.165, 1.54) is 42.9 Å². The van der Waals surface area contributed by atoms with Crippen LogP contribution in [0.1, 0.15) is 65.6 Å². The summed E-state index contributed by atoms with van der Waals surface area (Å²) in [6.45, 7) is 9.61. The van der Waals surface area contributed by atoms with Crippen molar-refractivity contribution in [3.05, 3.63) is 35.7 Å². The van der Waals surface area contributed by atoms with E-state index in [0.717, 1.165) is 18.2 Å². The summed E-state index contributed by atoms with van der Waals surface area (Å²) in [6.07, 6.45) is -4.97. The zero-order chi connectivity index (χ0) is 34.0. The van der Waals surface area contributed by atoms with Crippen LogP contribution in [0.3, 0.4) is 0 Å². The summed E-state index contributed by atoms with van der Waals surface area (Å²) in [5.74, 6) is -1.11. The standard InChI is InChI=1S/C29H39F3N4O8S/c1-18(37)8-10-21-16-36(22-14-20(9-11-23(22)42-21)15-25(38)43-28(6,7)29(30,31)32)45(40,41)24-17-35(34-19(24)2)13-12-33-26(39)44-27(3,4)5/h9,11,14,17,21H,8,10,12-13,15-16H2,1-7H3,(H,33,39)/t21-/m0/s1. The van der Waals surface area contributed by atoms with Gasteiger partial charge in [-0.05, 0) is 72.6 Å². The van der Waals surface area contributed by atoms with Gasteiger partial charge in [0.1, 0.15) is 28.1 Å². The first-order chi connectivity index (χ1) is 20.6. The number of halogens is 3. The minimum atomic E-state index is -4.79. The Morgan fingerprint density at radius 3 is 2.38 bits per heavy atom. The second kappa shape index (κ2) is 13.3. The van der Waals surface area contributed by atoms with Crippen molar-refractivity contribution >= 4 is 33.6 Å². The van der Waals surface area contributed by atoms with Gasteiger partial charge < -0.3 is 24.3 Å². The average Bonchev–Trinajstić information content (AvgIpc) is 3.25. The van der Waals surface area contributed by atoms with Crippen LogP contribution in [0.25, 0.3) is 0 Å². The van der Waals surface area contributed by atoms with E-state index >= 15 is 0 Å². The van der Waals surface area contributed by atoms with Crippen molar-refractivity contribution in [2.45, 2.75) is 103 Å². The first kappa shape index (κ1) is 35.7. The van der Waals surface area contributed by atoms with Gasteiger partial charge in [0.2, 0.25) is 5.60 Å². The summed E-state index contributed by atoms with van der Waals surface area (Å²) in [5, 5.41) is 6.86. The molecule has 1 aliphatic rings. The molecule has 0 bridgehead atoms. The number of alkyl carbamates (subject to hydrolysis) is 1. The number of alkyl halides is 3. The highest BCUT2D eigenvalue weighted by molar-refractivity contribution is 7.92. The van der Waals surface area contributed by atoms with Crippen molar-refractivity contribution in [3.8, 4) is 5.75 Å². The highest BCUT2D eigenvalue weighted by atomic mass is 32.2. The van der Waals surface area contributed by atoms with Crippen molar-refractivity contribution in [1.29, 1.82) is 0 Å². The molecule has 1 amide bonds. The molecule has 0 spiro atoms. The normalized spacial score (nSPS) is 15.6. The molecule has 1 N–H and O–H groups in total. The van der Waals surface area contributed by atoms with Crippen molar-refractivity contribution in [1.82, 2.24) is 15.1 Å². The summed E-state index contributed by atoms with van der Waals surface area (Å²) in [6, 6.07) is 4.20. The first-order valence-electron chi connectivity index (χ1n) is 14.2. The number of nitrogens with one attached hydrogen (secondary N) is 1. The number of ether oxygens (including phenoxy) is 3. The van der Waals surface area contributed by atoms with Crippen molar-refractivity contribution in [2.75, 3.05) is 17.4 Å². The van der Waals surface area contributed by atoms with Crippen LogP contribution in [0.4, 0.5) is 23.7 Å². The number of aryl methyl sites for hydroxylation is 1. The van der Waals surface area contributed by atoms with E-state index in [9.17, 15) is 36.0 Å². The van der Waals surface area contributed by atoms with Gasteiger partial charge in [0.25, 0.3) is 10.0 Å². The van der Waals surface area contributed by atoms with Gasteiger partial charge in [-0.25, -0.2) is 13.2 Å². The number of carbonyl (C=O) groups excluding carboxylic acids is 3. The van der Waals surface area contributed by atoms with Gasteiger partial charge in [0.15, 0.2) is 0 Å². The molecule has 250 valence electrons. The fourth-order valence-electron chi connectivity index (χ4n) is 4.33. The third-order valence-electron chi connectivity index (χ3n) is 6.65. The molecular formula is C29H39F3N4O8S. The molecule has 0 fully saturated rings. The van der Waals surface area contributed by atoms with E-state index in [0.29, 0.717) is 0 Å². The molecular weight excluding hydrogens is 621 g/mol. The van der Waals surface area contributed by atoms with Crippen molar-refractivity contribution in [3.63, 3.8) is 0 Å². The SMILES string of the molecule is CC(=O)CC[C@H]1CN(S(=O)(=O)c2cn(CCNC(=O)OC(C)(C)C)nc2C)c2cc(CC(=O)OC(C)(C)C(F)(F)F)ccc2O1. The monoisotopic (exact) mass is 660 g/mol. The molecule has 3 rings (SSSR count). The quantitative estimate of drug-likeness (QED) is 0.345. The summed E-state index contributed by atoms with van der Waals surface area (Å²) >= 11 is 0. The predicted octanol–water partition coefficient (Wildman–Crippen LogP) is 4.47. The number of sulfonamides is 1. The molecule has 2 heterocycles. The molecule has 1 aromatic carbocycles. The van der Waals surface area contributed by atoms with Gasteiger partial charge in [0, 0.05) is 19.2 Å². The highest BCUT2D eigenvalue weighted by Gasteiger charge is 2.50. The number of aromatic nitrogens is 2. The molecule has 1 aromatic heterocycles. The molecule has 2 aromatic rings. The Bertz CT molecular complexity index is 1530. The number of benzene rings is 1. The summed E-state index contributed by atoms with van der Waals surface area (Å²) < 4.78 is 86.1. The van der Waals surface area contributed by atoms with E-state index in [1.54, 1.807) is 20.8 Å². The number of hydrogen-bond donors (Lipinski definition) is 1. The maximum absolute atomic E-state index is 14.1. The number of ketones is 1. The number of nitrogens with zero attached hydrogens (tertiary/aromatic N) is 3.